The molecule has 0 aliphatic heterocycles. The number of hydrogen-bond donors (Lipinski definition) is 1. The number of rotatable bonds is 5. The average Bonchev–Trinajstić information content (AvgIpc) is 2.41. The quantitative estimate of drug-likeness (QED) is 0.883. The summed E-state index contributed by atoms with van der Waals surface area (Å²) in [5.41, 5.74) is 2.44. The summed E-state index contributed by atoms with van der Waals surface area (Å²) < 4.78 is 0. The van der Waals surface area contributed by atoms with Crippen molar-refractivity contribution in [1.82, 2.24) is 0 Å². The van der Waals surface area contributed by atoms with Crippen LogP contribution in [0, 0.1) is 0 Å². The van der Waals surface area contributed by atoms with E-state index in [-0.39, 0.29) is 0 Å². The Balaban J connectivity index is 1.94. The molecular weight excluding hydrogens is 280 g/mol. The highest BCUT2D eigenvalue weighted by molar-refractivity contribution is 7.97. The molecule has 1 N–H and O–H groups in total. The minimum atomic E-state index is -0.891. The molecule has 2 nitrogen and oxygen atoms in total. The number of thioether (sulfide) groups is 1. The van der Waals surface area contributed by atoms with Gasteiger partial charge in [0, 0.05) is 16.5 Å². The van der Waals surface area contributed by atoms with Crippen LogP contribution in [-0.2, 0) is 11.5 Å². The maximum Gasteiger partial charge on any atom is 0.335 e. The third-order valence-electron chi connectivity index (χ3n) is 2.66. The predicted molar refractivity (Wildman–Crippen MR) is 79.9 cm³/mol. The Morgan fingerprint density at radius 3 is 2.63 bits per heavy atom. The van der Waals surface area contributed by atoms with Crippen LogP contribution < -0.4 is 0 Å². The van der Waals surface area contributed by atoms with E-state index in [2.05, 4.69) is 0 Å². The zero-order valence-corrected chi connectivity index (χ0v) is 11.7. The molecule has 0 saturated carbocycles. The topological polar surface area (TPSA) is 37.3 Å². The Morgan fingerprint density at radius 1 is 1.11 bits per heavy atom. The summed E-state index contributed by atoms with van der Waals surface area (Å²) in [6.07, 6.45) is 0. The molecule has 98 valence electrons. The Labute approximate surface area is 121 Å². The molecule has 0 radical (unpaired) electrons. The van der Waals surface area contributed by atoms with Gasteiger partial charge in [0.1, 0.15) is 0 Å². The zero-order chi connectivity index (χ0) is 13.7. The minimum Gasteiger partial charge on any atom is -0.478 e. The van der Waals surface area contributed by atoms with Gasteiger partial charge in [-0.05, 0) is 29.3 Å². The predicted octanol–water partition coefficient (Wildman–Crippen LogP) is 4.47. The van der Waals surface area contributed by atoms with Crippen molar-refractivity contribution in [3.05, 3.63) is 70.2 Å². The van der Waals surface area contributed by atoms with Crippen LogP contribution in [0.4, 0.5) is 0 Å². The second-order valence-electron chi connectivity index (χ2n) is 4.09. The number of carboxylic acids is 1. The summed E-state index contributed by atoms with van der Waals surface area (Å²) in [5, 5.41) is 9.70. The Morgan fingerprint density at radius 2 is 1.89 bits per heavy atom. The summed E-state index contributed by atoms with van der Waals surface area (Å²) in [4.78, 5) is 10.9. The molecule has 4 heteroatoms. The SMILES string of the molecule is O=C(O)c1cccc(CSCc2ccccc2Cl)c1. The zero-order valence-electron chi connectivity index (χ0n) is 10.2. The fraction of sp³-hybridized carbons (Fsp3) is 0.133. The van der Waals surface area contributed by atoms with Crippen LogP contribution in [0.3, 0.4) is 0 Å². The second-order valence-corrected chi connectivity index (χ2v) is 5.48. The molecule has 0 fully saturated rings. The molecule has 0 saturated heterocycles. The van der Waals surface area contributed by atoms with E-state index in [9.17, 15) is 4.79 Å². The minimum absolute atomic E-state index is 0.329. The van der Waals surface area contributed by atoms with Gasteiger partial charge in [0.15, 0.2) is 0 Å². The maximum atomic E-state index is 10.9. The van der Waals surface area contributed by atoms with Crippen molar-refractivity contribution in [1.29, 1.82) is 0 Å². The molecule has 2 aromatic carbocycles. The van der Waals surface area contributed by atoms with E-state index in [4.69, 9.17) is 16.7 Å². The summed E-state index contributed by atoms with van der Waals surface area (Å²) in [5.74, 6) is 0.696. The molecular formula is C15H13ClO2S. The van der Waals surface area contributed by atoms with Crippen LogP contribution in [0.2, 0.25) is 5.02 Å². The molecule has 2 aromatic rings. The number of hydrogen-bond acceptors (Lipinski definition) is 2. The molecule has 19 heavy (non-hydrogen) atoms. The van der Waals surface area contributed by atoms with E-state index in [1.807, 2.05) is 30.3 Å². The molecule has 0 bridgehead atoms. The molecule has 0 aliphatic carbocycles. The lowest BCUT2D eigenvalue weighted by Gasteiger charge is -2.05. The van der Waals surface area contributed by atoms with Crippen LogP contribution in [0.5, 0.6) is 0 Å². The van der Waals surface area contributed by atoms with Gasteiger partial charge in [-0.25, -0.2) is 4.79 Å². The van der Waals surface area contributed by atoms with E-state index in [1.165, 1.54) is 0 Å². The second kappa shape index (κ2) is 6.64. The first-order valence-corrected chi connectivity index (χ1v) is 7.33. The summed E-state index contributed by atoms with van der Waals surface area (Å²) in [6.45, 7) is 0. The van der Waals surface area contributed by atoms with Gasteiger partial charge in [0.05, 0.1) is 5.56 Å². The Kier molecular flexibility index (Phi) is 4.88. The van der Waals surface area contributed by atoms with Gasteiger partial charge in [-0.15, -0.1) is 0 Å². The monoisotopic (exact) mass is 292 g/mol. The number of benzene rings is 2. The van der Waals surface area contributed by atoms with Crippen molar-refractivity contribution in [2.24, 2.45) is 0 Å². The van der Waals surface area contributed by atoms with E-state index >= 15 is 0 Å². The van der Waals surface area contributed by atoms with Crippen LogP contribution in [0.25, 0.3) is 0 Å². The molecule has 0 spiro atoms. The summed E-state index contributed by atoms with van der Waals surface area (Å²) in [6, 6.07) is 14.8. The standard InChI is InChI=1S/C15H13ClO2S/c16-14-7-2-1-5-13(14)10-19-9-11-4-3-6-12(8-11)15(17)18/h1-8H,9-10H2,(H,17,18). The van der Waals surface area contributed by atoms with E-state index < -0.39 is 5.97 Å². The van der Waals surface area contributed by atoms with Gasteiger partial charge in [-0.2, -0.15) is 11.8 Å². The number of carboxylic acid groups (broad SMARTS) is 1. The molecule has 0 aliphatic rings. The number of carbonyl (C=O) groups is 1. The summed E-state index contributed by atoms with van der Waals surface area (Å²) in [7, 11) is 0. The smallest absolute Gasteiger partial charge is 0.335 e. The van der Waals surface area contributed by atoms with Crippen molar-refractivity contribution >= 4 is 29.3 Å². The molecule has 2 rings (SSSR count). The van der Waals surface area contributed by atoms with Gasteiger partial charge in [0.25, 0.3) is 0 Å². The Hall–Kier alpha value is -1.45. The van der Waals surface area contributed by atoms with E-state index in [0.29, 0.717) is 5.56 Å². The highest BCUT2D eigenvalue weighted by atomic mass is 35.5. The molecule has 0 heterocycles. The van der Waals surface area contributed by atoms with Gasteiger partial charge in [0.2, 0.25) is 0 Å². The van der Waals surface area contributed by atoms with Crippen LogP contribution in [0.15, 0.2) is 48.5 Å². The number of halogens is 1. The molecule has 0 unspecified atom stereocenters. The molecule has 0 aromatic heterocycles. The van der Waals surface area contributed by atoms with Gasteiger partial charge in [-0.3, -0.25) is 0 Å². The van der Waals surface area contributed by atoms with Crippen molar-refractivity contribution < 1.29 is 9.90 Å². The lowest BCUT2D eigenvalue weighted by molar-refractivity contribution is 0.0697. The highest BCUT2D eigenvalue weighted by Gasteiger charge is 2.04. The first-order chi connectivity index (χ1) is 9.16. The fourth-order valence-electron chi connectivity index (χ4n) is 1.69. The van der Waals surface area contributed by atoms with Crippen molar-refractivity contribution in [2.75, 3.05) is 0 Å². The molecule has 0 amide bonds. The first-order valence-electron chi connectivity index (χ1n) is 5.80. The normalized spacial score (nSPS) is 10.4. The highest BCUT2D eigenvalue weighted by Crippen LogP contribution is 2.23. The van der Waals surface area contributed by atoms with E-state index in [1.54, 1.807) is 30.0 Å². The fourth-order valence-corrected chi connectivity index (χ4v) is 2.96. The Bertz CT molecular complexity index is 584. The van der Waals surface area contributed by atoms with Crippen LogP contribution in [-0.4, -0.2) is 11.1 Å². The van der Waals surface area contributed by atoms with Gasteiger partial charge < -0.3 is 5.11 Å². The van der Waals surface area contributed by atoms with E-state index in [0.717, 1.165) is 27.7 Å². The van der Waals surface area contributed by atoms with Crippen LogP contribution >= 0.6 is 23.4 Å². The van der Waals surface area contributed by atoms with Crippen LogP contribution in [0.1, 0.15) is 21.5 Å². The van der Waals surface area contributed by atoms with Crippen molar-refractivity contribution in [2.45, 2.75) is 11.5 Å². The van der Waals surface area contributed by atoms with Crippen molar-refractivity contribution in [3.8, 4) is 0 Å². The lowest BCUT2D eigenvalue weighted by atomic mass is 10.1. The van der Waals surface area contributed by atoms with Gasteiger partial charge >= 0.3 is 5.97 Å². The average molecular weight is 293 g/mol. The number of aromatic carboxylic acids is 1. The third-order valence-corrected chi connectivity index (χ3v) is 4.08. The molecule has 0 atom stereocenters. The first kappa shape index (κ1) is 14.0. The summed E-state index contributed by atoms with van der Waals surface area (Å²) >= 11 is 7.80. The third kappa shape index (κ3) is 4.01. The van der Waals surface area contributed by atoms with Crippen molar-refractivity contribution in [3.63, 3.8) is 0 Å². The largest absolute Gasteiger partial charge is 0.478 e. The van der Waals surface area contributed by atoms with Gasteiger partial charge in [-0.1, -0.05) is 41.9 Å². The maximum absolute atomic E-state index is 10.9. The lowest BCUT2D eigenvalue weighted by Crippen LogP contribution is -1.96.